The zero-order valence-electron chi connectivity index (χ0n) is 15.5. The molecule has 30 heavy (non-hydrogen) atoms. The van der Waals surface area contributed by atoms with Crippen LogP contribution in [0.2, 0.25) is 5.02 Å². The van der Waals surface area contributed by atoms with Crippen LogP contribution in [0.15, 0.2) is 52.4 Å². The Labute approximate surface area is 179 Å². The zero-order valence-corrected chi connectivity index (χ0v) is 17.1. The number of aliphatic imine (C=N–C) groups is 1. The number of hydrogen-bond acceptors (Lipinski definition) is 7. The number of aromatic hydroxyl groups is 1. The van der Waals surface area contributed by atoms with Crippen LogP contribution in [0.3, 0.4) is 0 Å². The summed E-state index contributed by atoms with van der Waals surface area (Å²) in [7, 11) is 0. The lowest BCUT2D eigenvalue weighted by Crippen LogP contribution is -2.31. The van der Waals surface area contributed by atoms with E-state index in [1.165, 1.54) is 18.5 Å². The Morgan fingerprint density at radius 1 is 1.17 bits per heavy atom. The Balaban J connectivity index is 1.73. The van der Waals surface area contributed by atoms with Crippen molar-refractivity contribution in [2.45, 2.75) is 0 Å². The van der Waals surface area contributed by atoms with Gasteiger partial charge in [-0.3, -0.25) is 24.3 Å². The molecule has 10 heteroatoms. The number of hydrogen-bond donors (Lipinski definition) is 1. The van der Waals surface area contributed by atoms with Crippen molar-refractivity contribution in [2.75, 3.05) is 18.8 Å². The van der Waals surface area contributed by atoms with E-state index in [0.29, 0.717) is 21.4 Å². The lowest BCUT2D eigenvalue weighted by Gasteiger charge is -2.13. The average Bonchev–Trinajstić information content (AvgIpc) is 3.06. The standard InChI is InChI=1S/C20H15ClN4O4S/c21-12-5-6-16(23-9-12)25-18(27)14-4-2-1-3-13(14)15(19(25)28)10-22-7-8-24-17(26)11-30-20(24)29/h1-6,9-10,28H,7-8,11H2. The Morgan fingerprint density at radius 3 is 2.60 bits per heavy atom. The Bertz CT molecular complexity index is 1220. The fourth-order valence-electron chi connectivity index (χ4n) is 3.11. The van der Waals surface area contributed by atoms with E-state index in [4.69, 9.17) is 11.6 Å². The van der Waals surface area contributed by atoms with Crippen LogP contribution < -0.4 is 5.56 Å². The maximum atomic E-state index is 13.0. The predicted octanol–water partition coefficient (Wildman–Crippen LogP) is 2.86. The van der Waals surface area contributed by atoms with Crippen LogP contribution in [0.25, 0.3) is 16.6 Å². The van der Waals surface area contributed by atoms with Crippen LogP contribution in [0.1, 0.15) is 5.56 Å². The molecule has 2 aromatic heterocycles. The third-order valence-corrected chi connectivity index (χ3v) is 5.64. The highest BCUT2D eigenvalue weighted by molar-refractivity contribution is 8.14. The molecule has 1 aliphatic rings. The van der Waals surface area contributed by atoms with Crippen molar-refractivity contribution in [1.29, 1.82) is 0 Å². The minimum Gasteiger partial charge on any atom is -0.494 e. The SMILES string of the molecule is O=C1CSC(=O)N1CCN=Cc1c(O)n(-c2ccc(Cl)cn2)c(=O)c2ccccc12. The highest BCUT2D eigenvalue weighted by Gasteiger charge is 2.29. The minimum absolute atomic E-state index is 0.146. The van der Waals surface area contributed by atoms with Gasteiger partial charge in [-0.05, 0) is 18.2 Å². The summed E-state index contributed by atoms with van der Waals surface area (Å²) in [5, 5.41) is 11.9. The molecule has 0 aliphatic carbocycles. The molecule has 0 spiro atoms. The first-order valence-electron chi connectivity index (χ1n) is 8.93. The smallest absolute Gasteiger partial charge is 0.288 e. The monoisotopic (exact) mass is 442 g/mol. The van der Waals surface area contributed by atoms with Crippen LogP contribution >= 0.6 is 23.4 Å². The van der Waals surface area contributed by atoms with Crippen LogP contribution in [-0.2, 0) is 4.79 Å². The van der Waals surface area contributed by atoms with Gasteiger partial charge in [-0.15, -0.1) is 0 Å². The first kappa shape index (κ1) is 20.1. The van der Waals surface area contributed by atoms with Crippen molar-refractivity contribution in [1.82, 2.24) is 14.5 Å². The topological polar surface area (TPSA) is 105 Å². The summed E-state index contributed by atoms with van der Waals surface area (Å²) < 4.78 is 1.09. The largest absolute Gasteiger partial charge is 0.494 e. The van der Waals surface area contributed by atoms with Gasteiger partial charge in [-0.2, -0.15) is 0 Å². The summed E-state index contributed by atoms with van der Waals surface area (Å²) in [6, 6.07) is 9.94. The summed E-state index contributed by atoms with van der Waals surface area (Å²) in [6.45, 7) is 0.322. The molecule has 1 saturated heterocycles. The highest BCUT2D eigenvalue weighted by atomic mass is 35.5. The van der Waals surface area contributed by atoms with Crippen molar-refractivity contribution < 1.29 is 14.7 Å². The van der Waals surface area contributed by atoms with Gasteiger partial charge in [0, 0.05) is 29.7 Å². The first-order chi connectivity index (χ1) is 14.5. The molecule has 4 rings (SSSR count). The van der Waals surface area contributed by atoms with Crippen LogP contribution in [0.4, 0.5) is 4.79 Å². The van der Waals surface area contributed by atoms with Gasteiger partial charge in [0.25, 0.3) is 10.8 Å². The molecule has 1 aliphatic heterocycles. The lowest BCUT2D eigenvalue weighted by molar-refractivity contribution is -0.124. The van der Waals surface area contributed by atoms with Crippen LogP contribution in [-0.4, -0.2) is 55.8 Å². The Kier molecular flexibility index (Phi) is 5.56. The number of amides is 2. The second-order valence-electron chi connectivity index (χ2n) is 6.39. The Hall–Kier alpha value is -3.17. The Morgan fingerprint density at radius 2 is 1.93 bits per heavy atom. The fraction of sp³-hybridized carbons (Fsp3) is 0.150. The van der Waals surface area contributed by atoms with Gasteiger partial charge in [0.15, 0.2) is 0 Å². The number of rotatable bonds is 5. The minimum atomic E-state index is -0.430. The normalized spacial score (nSPS) is 14.4. The summed E-state index contributed by atoms with van der Waals surface area (Å²) in [4.78, 5) is 45.8. The summed E-state index contributed by atoms with van der Waals surface area (Å²) >= 11 is 6.84. The highest BCUT2D eigenvalue weighted by Crippen LogP contribution is 2.25. The van der Waals surface area contributed by atoms with Gasteiger partial charge in [0.1, 0.15) is 5.82 Å². The van der Waals surface area contributed by atoms with E-state index < -0.39 is 5.56 Å². The van der Waals surface area contributed by atoms with Gasteiger partial charge < -0.3 is 5.11 Å². The summed E-state index contributed by atoms with van der Waals surface area (Å²) in [5.41, 5.74) is -0.101. The maximum absolute atomic E-state index is 13.0. The first-order valence-corrected chi connectivity index (χ1v) is 10.3. The molecule has 152 valence electrons. The maximum Gasteiger partial charge on any atom is 0.288 e. The number of carbonyl (C=O) groups is 2. The van der Waals surface area contributed by atoms with Gasteiger partial charge in [-0.25, -0.2) is 9.55 Å². The number of thioether (sulfide) groups is 1. The molecule has 3 heterocycles. The second kappa shape index (κ2) is 8.29. The number of imide groups is 1. The number of fused-ring (bicyclic) bond motifs is 1. The van der Waals surface area contributed by atoms with E-state index in [2.05, 4.69) is 9.98 Å². The zero-order chi connectivity index (χ0) is 21.3. The lowest BCUT2D eigenvalue weighted by atomic mass is 10.1. The van der Waals surface area contributed by atoms with Crippen LogP contribution in [0.5, 0.6) is 5.88 Å². The molecule has 0 radical (unpaired) electrons. The predicted molar refractivity (Wildman–Crippen MR) is 116 cm³/mol. The van der Waals surface area contributed by atoms with E-state index in [1.54, 1.807) is 30.3 Å². The van der Waals surface area contributed by atoms with Gasteiger partial charge in [0.05, 0.1) is 22.9 Å². The molecule has 0 bridgehead atoms. The molecule has 0 saturated carbocycles. The number of nitrogens with zero attached hydrogens (tertiary/aromatic N) is 4. The number of aromatic nitrogens is 2. The van der Waals surface area contributed by atoms with Crippen molar-refractivity contribution in [3.8, 4) is 11.7 Å². The van der Waals surface area contributed by atoms with E-state index in [9.17, 15) is 19.5 Å². The molecular weight excluding hydrogens is 428 g/mol. The third-order valence-electron chi connectivity index (χ3n) is 4.56. The van der Waals surface area contributed by atoms with E-state index >= 15 is 0 Å². The molecule has 8 nitrogen and oxygen atoms in total. The molecule has 2 amide bonds. The van der Waals surface area contributed by atoms with Crippen molar-refractivity contribution >= 4 is 51.5 Å². The van der Waals surface area contributed by atoms with Gasteiger partial charge in [-0.1, -0.05) is 41.6 Å². The molecule has 1 N–H and O–H groups in total. The van der Waals surface area contributed by atoms with Gasteiger partial charge >= 0.3 is 0 Å². The summed E-state index contributed by atoms with van der Waals surface area (Å²) in [6.07, 6.45) is 2.81. The average molecular weight is 443 g/mol. The molecule has 0 atom stereocenters. The molecule has 3 aromatic rings. The summed E-state index contributed by atoms with van der Waals surface area (Å²) in [5.74, 6) is -0.197. The number of pyridine rings is 2. The molecule has 0 unspecified atom stereocenters. The van der Waals surface area contributed by atoms with E-state index in [1.807, 2.05) is 0 Å². The number of benzene rings is 1. The number of carbonyl (C=O) groups excluding carboxylic acids is 2. The van der Waals surface area contributed by atoms with Crippen molar-refractivity contribution in [2.24, 2.45) is 4.99 Å². The van der Waals surface area contributed by atoms with Crippen molar-refractivity contribution in [3.05, 3.63) is 63.5 Å². The second-order valence-corrected chi connectivity index (χ2v) is 7.76. The molecule has 1 fully saturated rings. The van der Waals surface area contributed by atoms with Crippen molar-refractivity contribution in [3.63, 3.8) is 0 Å². The van der Waals surface area contributed by atoms with E-state index in [0.717, 1.165) is 21.2 Å². The van der Waals surface area contributed by atoms with Crippen LogP contribution in [0, 0.1) is 0 Å². The molecular formula is C20H15ClN4O4S. The quantitative estimate of drug-likeness (QED) is 0.609. The van der Waals surface area contributed by atoms with Gasteiger partial charge in [0.2, 0.25) is 11.8 Å². The third kappa shape index (κ3) is 3.69. The fourth-order valence-corrected chi connectivity index (χ4v) is 3.98. The van der Waals surface area contributed by atoms with E-state index in [-0.39, 0.29) is 41.7 Å². The number of halogens is 1. The molecule has 1 aromatic carbocycles.